The molecule has 1 aromatic carbocycles. The molecule has 2 aromatic rings. The fourth-order valence-corrected chi connectivity index (χ4v) is 3.13. The van der Waals surface area contributed by atoms with Crippen molar-refractivity contribution in [1.29, 1.82) is 0 Å². The quantitative estimate of drug-likeness (QED) is 0.929. The number of carboxylic acid groups (broad SMARTS) is 1. The second-order valence-corrected chi connectivity index (χ2v) is 5.62. The standard InChI is InChI=1S/C14H16BrN3O2/c1-4-5-11-12(14(19)20)16-17-18(11)13-9(3)6-8(2)7-10(13)15/h6-7H,4-5H2,1-3H3,(H,19,20). The zero-order valence-corrected chi connectivity index (χ0v) is 13.2. The molecule has 5 nitrogen and oxygen atoms in total. The molecule has 0 aliphatic rings. The molecule has 0 unspecified atom stereocenters. The number of benzene rings is 1. The maximum atomic E-state index is 11.2. The molecule has 0 aliphatic carbocycles. The molecule has 2 rings (SSSR count). The molecule has 0 radical (unpaired) electrons. The third-order valence-corrected chi connectivity index (χ3v) is 3.67. The first-order chi connectivity index (χ1) is 9.45. The van der Waals surface area contributed by atoms with Crippen LogP contribution in [0.5, 0.6) is 0 Å². The highest BCUT2D eigenvalue weighted by molar-refractivity contribution is 9.10. The van der Waals surface area contributed by atoms with Crippen LogP contribution < -0.4 is 0 Å². The van der Waals surface area contributed by atoms with Gasteiger partial charge >= 0.3 is 5.97 Å². The van der Waals surface area contributed by atoms with Crippen molar-refractivity contribution >= 4 is 21.9 Å². The van der Waals surface area contributed by atoms with E-state index in [2.05, 4.69) is 26.2 Å². The van der Waals surface area contributed by atoms with Gasteiger partial charge in [-0.05, 0) is 53.4 Å². The number of carbonyl (C=O) groups is 1. The van der Waals surface area contributed by atoms with Gasteiger partial charge in [0.2, 0.25) is 0 Å². The number of carboxylic acids is 1. The first-order valence-electron chi connectivity index (χ1n) is 6.40. The van der Waals surface area contributed by atoms with Crippen molar-refractivity contribution in [2.45, 2.75) is 33.6 Å². The summed E-state index contributed by atoms with van der Waals surface area (Å²) in [5.41, 5.74) is 3.66. The van der Waals surface area contributed by atoms with E-state index in [4.69, 9.17) is 0 Å². The maximum absolute atomic E-state index is 11.2. The van der Waals surface area contributed by atoms with Crippen LogP contribution in [0, 0.1) is 13.8 Å². The Morgan fingerprint density at radius 1 is 1.40 bits per heavy atom. The molecule has 0 atom stereocenters. The van der Waals surface area contributed by atoms with Crippen molar-refractivity contribution in [1.82, 2.24) is 15.0 Å². The molecule has 0 bridgehead atoms. The lowest BCUT2D eigenvalue weighted by atomic mass is 10.1. The molecule has 1 heterocycles. The molecule has 1 N–H and O–H groups in total. The lowest BCUT2D eigenvalue weighted by Gasteiger charge is -2.12. The van der Waals surface area contributed by atoms with Crippen LogP contribution in [0.25, 0.3) is 5.69 Å². The van der Waals surface area contributed by atoms with Crippen LogP contribution >= 0.6 is 15.9 Å². The summed E-state index contributed by atoms with van der Waals surface area (Å²) < 4.78 is 2.51. The number of nitrogens with zero attached hydrogens (tertiary/aromatic N) is 3. The van der Waals surface area contributed by atoms with Gasteiger partial charge in [-0.2, -0.15) is 0 Å². The molecule has 6 heteroatoms. The first kappa shape index (κ1) is 14.7. The highest BCUT2D eigenvalue weighted by Gasteiger charge is 2.21. The zero-order valence-electron chi connectivity index (χ0n) is 11.6. The number of aryl methyl sites for hydroxylation is 2. The number of hydrogen-bond acceptors (Lipinski definition) is 3. The highest BCUT2D eigenvalue weighted by Crippen LogP contribution is 2.28. The molecule has 0 amide bonds. The first-order valence-corrected chi connectivity index (χ1v) is 7.20. The largest absolute Gasteiger partial charge is 0.476 e. The molecular weight excluding hydrogens is 322 g/mol. The second kappa shape index (κ2) is 5.75. The average molecular weight is 338 g/mol. The predicted octanol–water partition coefficient (Wildman–Crippen LogP) is 3.30. The van der Waals surface area contributed by atoms with Gasteiger partial charge in [0, 0.05) is 4.47 Å². The second-order valence-electron chi connectivity index (χ2n) is 4.76. The third kappa shape index (κ3) is 2.60. The monoisotopic (exact) mass is 337 g/mol. The van der Waals surface area contributed by atoms with Crippen molar-refractivity contribution in [3.8, 4) is 5.69 Å². The maximum Gasteiger partial charge on any atom is 0.358 e. The van der Waals surface area contributed by atoms with E-state index in [0.29, 0.717) is 12.1 Å². The molecule has 1 aromatic heterocycles. The van der Waals surface area contributed by atoms with E-state index in [1.165, 1.54) is 0 Å². The minimum Gasteiger partial charge on any atom is -0.476 e. The summed E-state index contributed by atoms with van der Waals surface area (Å²) in [5, 5.41) is 17.0. The summed E-state index contributed by atoms with van der Waals surface area (Å²) in [7, 11) is 0. The van der Waals surface area contributed by atoms with E-state index in [-0.39, 0.29) is 5.69 Å². The number of hydrogen-bond donors (Lipinski definition) is 1. The van der Waals surface area contributed by atoms with Gasteiger partial charge in [-0.15, -0.1) is 5.10 Å². The van der Waals surface area contributed by atoms with Crippen molar-refractivity contribution in [2.24, 2.45) is 0 Å². The average Bonchev–Trinajstić information content (AvgIpc) is 2.72. The molecule has 0 fully saturated rings. The van der Waals surface area contributed by atoms with Crippen molar-refractivity contribution in [3.63, 3.8) is 0 Å². The number of aromatic nitrogens is 3. The Labute approximate surface area is 125 Å². The lowest BCUT2D eigenvalue weighted by molar-refractivity contribution is 0.0689. The molecule has 106 valence electrons. The Hall–Kier alpha value is -1.69. The van der Waals surface area contributed by atoms with Crippen molar-refractivity contribution < 1.29 is 9.90 Å². The summed E-state index contributed by atoms with van der Waals surface area (Å²) in [6, 6.07) is 4.03. The number of halogens is 1. The highest BCUT2D eigenvalue weighted by atomic mass is 79.9. The van der Waals surface area contributed by atoms with Gasteiger partial charge in [0.15, 0.2) is 5.69 Å². The van der Waals surface area contributed by atoms with E-state index in [9.17, 15) is 9.90 Å². The minimum atomic E-state index is -1.04. The number of rotatable bonds is 4. The molecule has 20 heavy (non-hydrogen) atoms. The van der Waals surface area contributed by atoms with Crippen LogP contribution in [0.4, 0.5) is 0 Å². The van der Waals surface area contributed by atoms with E-state index in [1.807, 2.05) is 32.9 Å². The van der Waals surface area contributed by atoms with Gasteiger partial charge in [0.05, 0.1) is 11.4 Å². The summed E-state index contributed by atoms with van der Waals surface area (Å²) in [6.45, 7) is 5.99. The van der Waals surface area contributed by atoms with E-state index in [0.717, 1.165) is 27.7 Å². The minimum absolute atomic E-state index is 0.0266. The summed E-state index contributed by atoms with van der Waals surface area (Å²) in [5.74, 6) is -1.04. The lowest BCUT2D eigenvalue weighted by Crippen LogP contribution is -2.08. The normalized spacial score (nSPS) is 10.8. The summed E-state index contributed by atoms with van der Waals surface area (Å²) >= 11 is 3.53. The van der Waals surface area contributed by atoms with Crippen LogP contribution in [0.15, 0.2) is 16.6 Å². The fourth-order valence-electron chi connectivity index (χ4n) is 2.28. The van der Waals surface area contributed by atoms with Crippen LogP contribution in [-0.2, 0) is 6.42 Å². The van der Waals surface area contributed by atoms with Gasteiger partial charge in [-0.25, -0.2) is 9.48 Å². The fraction of sp³-hybridized carbons (Fsp3) is 0.357. The predicted molar refractivity (Wildman–Crippen MR) is 79.5 cm³/mol. The van der Waals surface area contributed by atoms with E-state index < -0.39 is 5.97 Å². The van der Waals surface area contributed by atoms with Gasteiger partial charge in [-0.3, -0.25) is 0 Å². The molecule has 0 saturated carbocycles. The smallest absolute Gasteiger partial charge is 0.358 e. The summed E-state index contributed by atoms with van der Waals surface area (Å²) in [6.07, 6.45) is 1.45. The van der Waals surface area contributed by atoms with E-state index >= 15 is 0 Å². The van der Waals surface area contributed by atoms with Gasteiger partial charge < -0.3 is 5.11 Å². The van der Waals surface area contributed by atoms with Crippen LogP contribution in [0.3, 0.4) is 0 Å². The molecule has 0 saturated heterocycles. The number of aromatic carboxylic acids is 1. The SMILES string of the molecule is CCCc1c(C(=O)O)nnn1-c1c(C)cc(C)cc1Br. The van der Waals surface area contributed by atoms with Crippen molar-refractivity contribution in [3.05, 3.63) is 39.1 Å². The van der Waals surface area contributed by atoms with Crippen LogP contribution in [0.1, 0.15) is 40.7 Å². The Balaban J connectivity index is 2.67. The van der Waals surface area contributed by atoms with Gasteiger partial charge in [0.25, 0.3) is 0 Å². The van der Waals surface area contributed by atoms with Gasteiger partial charge in [-0.1, -0.05) is 24.6 Å². The van der Waals surface area contributed by atoms with Crippen molar-refractivity contribution in [2.75, 3.05) is 0 Å². The summed E-state index contributed by atoms with van der Waals surface area (Å²) in [4.78, 5) is 11.2. The topological polar surface area (TPSA) is 68.0 Å². The Morgan fingerprint density at radius 2 is 2.10 bits per heavy atom. The van der Waals surface area contributed by atoms with Crippen LogP contribution in [0.2, 0.25) is 0 Å². The molecule has 0 spiro atoms. The van der Waals surface area contributed by atoms with Crippen LogP contribution in [-0.4, -0.2) is 26.1 Å². The zero-order chi connectivity index (χ0) is 14.9. The molecular formula is C14H16BrN3O2. The Morgan fingerprint density at radius 3 is 2.65 bits per heavy atom. The van der Waals surface area contributed by atoms with E-state index in [1.54, 1.807) is 4.68 Å². The third-order valence-electron chi connectivity index (χ3n) is 3.06. The van der Waals surface area contributed by atoms with Gasteiger partial charge in [0.1, 0.15) is 0 Å². The molecule has 0 aliphatic heterocycles. The Kier molecular flexibility index (Phi) is 4.23. The Bertz CT molecular complexity index is 641.